The number of anilines is 1. The molecule has 1 rings (SSSR count). The number of carbonyl (C=O) groups is 1. The molecule has 0 amide bonds. The molecular weight excluding hydrogens is 321 g/mol. The van der Waals surface area contributed by atoms with Gasteiger partial charge in [0.1, 0.15) is 3.70 Å². The standard InChI is InChI=1S/C8H7F2IN2O2/c9-7(10)4-2-13-8(11)3(6(4)12)1-5(14)15/h2,7H,1H2,(H2,12,13)(H,14,15). The first-order valence-corrected chi connectivity index (χ1v) is 4.94. The summed E-state index contributed by atoms with van der Waals surface area (Å²) < 4.78 is 25.1. The van der Waals surface area contributed by atoms with Gasteiger partial charge in [-0.1, -0.05) is 0 Å². The summed E-state index contributed by atoms with van der Waals surface area (Å²) in [6.07, 6.45) is -2.19. The lowest BCUT2D eigenvalue weighted by atomic mass is 10.1. The first-order valence-electron chi connectivity index (χ1n) is 3.86. The van der Waals surface area contributed by atoms with E-state index in [-0.39, 0.29) is 11.3 Å². The zero-order valence-corrected chi connectivity index (χ0v) is 9.53. The number of hydrogen-bond acceptors (Lipinski definition) is 3. The maximum Gasteiger partial charge on any atom is 0.307 e. The zero-order chi connectivity index (χ0) is 11.6. The summed E-state index contributed by atoms with van der Waals surface area (Å²) in [5.74, 6) is -1.13. The molecule has 0 unspecified atom stereocenters. The number of aliphatic carboxylic acids is 1. The van der Waals surface area contributed by atoms with Gasteiger partial charge in [-0.3, -0.25) is 4.79 Å². The van der Waals surface area contributed by atoms with Gasteiger partial charge in [0.15, 0.2) is 0 Å². The highest BCUT2D eigenvalue weighted by Gasteiger charge is 2.18. The van der Waals surface area contributed by atoms with Crippen LogP contribution in [-0.4, -0.2) is 16.1 Å². The molecular formula is C8H7F2IN2O2. The number of pyridine rings is 1. The van der Waals surface area contributed by atoms with Crippen molar-refractivity contribution in [2.45, 2.75) is 12.8 Å². The predicted octanol–water partition coefficient (Wildman–Crippen LogP) is 1.83. The molecule has 1 aromatic rings. The number of nitrogens with zero attached hydrogens (tertiary/aromatic N) is 1. The number of rotatable bonds is 3. The van der Waals surface area contributed by atoms with Crippen molar-refractivity contribution < 1.29 is 18.7 Å². The smallest absolute Gasteiger partial charge is 0.307 e. The van der Waals surface area contributed by atoms with Gasteiger partial charge in [-0.2, -0.15) is 0 Å². The van der Waals surface area contributed by atoms with Crippen molar-refractivity contribution in [2.24, 2.45) is 0 Å². The average molecular weight is 328 g/mol. The van der Waals surface area contributed by atoms with Crippen LogP contribution in [0.5, 0.6) is 0 Å². The first kappa shape index (κ1) is 12.1. The Bertz CT molecular complexity index is 398. The van der Waals surface area contributed by atoms with Crippen molar-refractivity contribution in [2.75, 3.05) is 5.73 Å². The topological polar surface area (TPSA) is 76.2 Å². The van der Waals surface area contributed by atoms with E-state index in [0.29, 0.717) is 3.70 Å². The third-order valence-electron chi connectivity index (χ3n) is 1.77. The number of halogens is 3. The Kier molecular flexibility index (Phi) is 3.77. The fraction of sp³-hybridized carbons (Fsp3) is 0.250. The molecule has 1 aromatic heterocycles. The largest absolute Gasteiger partial charge is 0.481 e. The maximum atomic E-state index is 12.4. The van der Waals surface area contributed by atoms with Crippen LogP contribution < -0.4 is 5.73 Å². The van der Waals surface area contributed by atoms with Crippen molar-refractivity contribution in [3.63, 3.8) is 0 Å². The highest BCUT2D eigenvalue weighted by Crippen LogP contribution is 2.29. The monoisotopic (exact) mass is 328 g/mol. The molecule has 82 valence electrons. The third-order valence-corrected chi connectivity index (χ3v) is 2.69. The lowest BCUT2D eigenvalue weighted by molar-refractivity contribution is -0.136. The molecule has 4 nitrogen and oxygen atoms in total. The molecule has 0 aromatic carbocycles. The minimum atomic E-state index is -2.75. The Morgan fingerprint density at radius 2 is 2.27 bits per heavy atom. The molecule has 0 radical (unpaired) electrons. The van der Waals surface area contributed by atoms with Gasteiger partial charge in [-0.15, -0.1) is 0 Å². The van der Waals surface area contributed by atoms with Crippen LogP contribution in [-0.2, 0) is 11.2 Å². The summed E-state index contributed by atoms with van der Waals surface area (Å²) in [6.45, 7) is 0. The number of nitrogens with two attached hydrogens (primary N) is 1. The zero-order valence-electron chi connectivity index (χ0n) is 7.38. The molecule has 0 aliphatic carbocycles. The quantitative estimate of drug-likeness (QED) is 0.656. The van der Waals surface area contributed by atoms with E-state index < -0.39 is 24.4 Å². The van der Waals surface area contributed by atoms with Crippen LogP contribution in [0.15, 0.2) is 6.20 Å². The lowest BCUT2D eigenvalue weighted by Crippen LogP contribution is -2.09. The van der Waals surface area contributed by atoms with Crippen molar-refractivity contribution in [1.82, 2.24) is 4.98 Å². The molecule has 3 N–H and O–H groups in total. The van der Waals surface area contributed by atoms with Gasteiger partial charge in [0, 0.05) is 17.4 Å². The minimum absolute atomic E-state index is 0.140. The SMILES string of the molecule is Nc1c(C(F)F)cnc(I)c1CC(=O)O. The predicted molar refractivity (Wildman–Crippen MR) is 57.7 cm³/mol. The summed E-state index contributed by atoms with van der Waals surface area (Å²) in [5, 5.41) is 8.57. The Morgan fingerprint density at radius 1 is 1.67 bits per heavy atom. The molecule has 7 heteroatoms. The van der Waals surface area contributed by atoms with Crippen molar-refractivity contribution in [1.29, 1.82) is 0 Å². The van der Waals surface area contributed by atoms with Crippen LogP contribution in [0.2, 0.25) is 0 Å². The highest BCUT2D eigenvalue weighted by molar-refractivity contribution is 14.1. The number of carboxylic acids is 1. The summed E-state index contributed by atoms with van der Waals surface area (Å²) in [5.41, 5.74) is 4.97. The van der Waals surface area contributed by atoms with Gasteiger partial charge in [-0.05, 0) is 22.6 Å². The van der Waals surface area contributed by atoms with E-state index in [4.69, 9.17) is 10.8 Å². The van der Waals surface area contributed by atoms with Crippen molar-refractivity contribution in [3.05, 3.63) is 21.0 Å². The van der Waals surface area contributed by atoms with Crippen LogP contribution in [0.25, 0.3) is 0 Å². The minimum Gasteiger partial charge on any atom is -0.481 e. The molecule has 1 heterocycles. The summed E-state index contributed by atoms with van der Waals surface area (Å²) in [6, 6.07) is 0. The van der Waals surface area contributed by atoms with Crippen molar-refractivity contribution >= 4 is 34.2 Å². The summed E-state index contributed by atoms with van der Waals surface area (Å²) in [4.78, 5) is 14.2. The Labute approximate surface area is 97.6 Å². The fourth-order valence-electron chi connectivity index (χ4n) is 1.05. The van der Waals surface area contributed by atoms with Gasteiger partial charge < -0.3 is 10.8 Å². The molecule has 0 saturated heterocycles. The Balaban J connectivity index is 3.23. The van der Waals surface area contributed by atoms with Crippen LogP contribution in [0.3, 0.4) is 0 Å². The van der Waals surface area contributed by atoms with E-state index in [1.54, 1.807) is 22.6 Å². The second kappa shape index (κ2) is 4.69. The average Bonchev–Trinajstić information content (AvgIpc) is 2.11. The number of aromatic nitrogens is 1. The molecule has 0 aliphatic heterocycles. The van der Waals surface area contributed by atoms with Gasteiger partial charge in [0.25, 0.3) is 6.43 Å². The molecule has 0 fully saturated rings. The number of nitrogen functional groups attached to an aromatic ring is 1. The molecule has 15 heavy (non-hydrogen) atoms. The molecule has 0 saturated carbocycles. The van der Waals surface area contributed by atoms with Gasteiger partial charge in [-0.25, -0.2) is 13.8 Å². The van der Waals surface area contributed by atoms with E-state index >= 15 is 0 Å². The van der Waals surface area contributed by atoms with E-state index in [1.807, 2.05) is 0 Å². The van der Waals surface area contributed by atoms with E-state index in [9.17, 15) is 13.6 Å². The van der Waals surface area contributed by atoms with Crippen molar-refractivity contribution in [3.8, 4) is 0 Å². The first-order chi connectivity index (χ1) is 6.93. The number of alkyl halides is 2. The van der Waals surface area contributed by atoms with Crippen LogP contribution in [0.1, 0.15) is 17.6 Å². The Hall–Kier alpha value is -0.990. The second-order valence-electron chi connectivity index (χ2n) is 2.77. The van der Waals surface area contributed by atoms with E-state index in [2.05, 4.69) is 4.98 Å². The molecule has 0 atom stereocenters. The van der Waals surface area contributed by atoms with Crippen LogP contribution >= 0.6 is 22.6 Å². The summed E-state index contributed by atoms with van der Waals surface area (Å²) >= 11 is 1.76. The van der Waals surface area contributed by atoms with E-state index in [1.165, 1.54) is 0 Å². The fourth-order valence-corrected chi connectivity index (χ4v) is 1.67. The molecule has 0 aliphatic rings. The van der Waals surface area contributed by atoms with Gasteiger partial charge in [0.2, 0.25) is 0 Å². The summed E-state index contributed by atoms with van der Waals surface area (Å²) in [7, 11) is 0. The van der Waals surface area contributed by atoms with Gasteiger partial charge in [0.05, 0.1) is 12.0 Å². The number of hydrogen-bond donors (Lipinski definition) is 2. The lowest BCUT2D eigenvalue weighted by Gasteiger charge is -2.09. The Morgan fingerprint density at radius 3 is 2.73 bits per heavy atom. The maximum absolute atomic E-state index is 12.4. The second-order valence-corrected chi connectivity index (χ2v) is 3.79. The van der Waals surface area contributed by atoms with Crippen LogP contribution in [0.4, 0.5) is 14.5 Å². The highest BCUT2D eigenvalue weighted by atomic mass is 127. The normalized spacial score (nSPS) is 10.7. The van der Waals surface area contributed by atoms with Gasteiger partial charge >= 0.3 is 5.97 Å². The third kappa shape index (κ3) is 2.74. The molecule has 0 bridgehead atoms. The molecule has 0 spiro atoms. The van der Waals surface area contributed by atoms with E-state index in [0.717, 1.165) is 6.20 Å². The number of carboxylic acid groups (broad SMARTS) is 1. The van der Waals surface area contributed by atoms with Crippen LogP contribution in [0, 0.1) is 3.70 Å².